The van der Waals surface area contributed by atoms with Crippen LogP contribution in [0.25, 0.3) is 0 Å². The van der Waals surface area contributed by atoms with E-state index in [2.05, 4.69) is 34.3 Å². The molecule has 1 fully saturated rings. The molecule has 4 nitrogen and oxygen atoms in total. The van der Waals surface area contributed by atoms with Crippen LogP contribution in [0.4, 0.5) is 0 Å². The lowest BCUT2D eigenvalue weighted by Crippen LogP contribution is -2.32. The highest BCUT2D eigenvalue weighted by molar-refractivity contribution is 5.80. The average molecular weight is 273 g/mol. The van der Waals surface area contributed by atoms with Gasteiger partial charge in [-0.1, -0.05) is 29.4 Å². The van der Waals surface area contributed by atoms with Crippen molar-refractivity contribution in [3.05, 3.63) is 35.4 Å². The molecule has 2 aliphatic rings. The van der Waals surface area contributed by atoms with Crippen LogP contribution in [0.5, 0.6) is 0 Å². The van der Waals surface area contributed by atoms with Gasteiger partial charge in [0.05, 0.1) is 0 Å². The van der Waals surface area contributed by atoms with E-state index in [0.717, 1.165) is 26.1 Å². The maximum absolute atomic E-state index is 8.76. The van der Waals surface area contributed by atoms with Gasteiger partial charge < -0.3 is 10.9 Å². The number of benzene rings is 1. The molecular formula is C16H23N3O. The minimum absolute atomic E-state index is 0.260. The summed E-state index contributed by atoms with van der Waals surface area (Å²) in [7, 11) is 0. The summed E-state index contributed by atoms with van der Waals surface area (Å²) in [4.78, 5) is 2.55. The minimum Gasteiger partial charge on any atom is -0.409 e. The molecule has 0 unspecified atom stereocenters. The van der Waals surface area contributed by atoms with Gasteiger partial charge in [0.2, 0.25) is 0 Å². The minimum atomic E-state index is 0.260. The predicted octanol–water partition coefficient (Wildman–Crippen LogP) is 2.35. The highest BCUT2D eigenvalue weighted by atomic mass is 16.4. The fourth-order valence-electron chi connectivity index (χ4n) is 3.37. The number of rotatable bonds is 4. The molecule has 0 spiro atoms. The Morgan fingerprint density at radius 3 is 2.75 bits per heavy atom. The molecule has 0 atom stereocenters. The first kappa shape index (κ1) is 13.4. The van der Waals surface area contributed by atoms with Gasteiger partial charge in [-0.25, -0.2) is 0 Å². The Bertz CT molecular complexity index is 508. The van der Waals surface area contributed by atoms with Crippen LogP contribution in [0.2, 0.25) is 0 Å². The molecule has 0 saturated heterocycles. The van der Waals surface area contributed by atoms with Gasteiger partial charge in [-0.2, -0.15) is 0 Å². The largest absolute Gasteiger partial charge is 0.409 e. The van der Waals surface area contributed by atoms with Crippen LogP contribution in [0.3, 0.4) is 0 Å². The van der Waals surface area contributed by atoms with E-state index in [4.69, 9.17) is 10.9 Å². The van der Waals surface area contributed by atoms with Crippen LogP contribution >= 0.6 is 0 Å². The summed E-state index contributed by atoms with van der Waals surface area (Å²) >= 11 is 0. The number of oxime groups is 1. The standard InChI is InChI=1S/C16H23N3O/c17-15(18-20)10-16(7-8-16)12-19-9-3-6-13-4-1-2-5-14(13)11-19/h1-2,4-5,20H,3,6-12H2,(H2,17,18). The fourth-order valence-corrected chi connectivity index (χ4v) is 3.37. The number of fused-ring (bicyclic) bond motifs is 1. The van der Waals surface area contributed by atoms with E-state index in [9.17, 15) is 0 Å². The molecule has 3 rings (SSSR count). The second-order valence-corrected chi connectivity index (χ2v) is 6.35. The van der Waals surface area contributed by atoms with Gasteiger partial charge in [-0.15, -0.1) is 0 Å². The van der Waals surface area contributed by atoms with Crippen molar-refractivity contribution in [1.82, 2.24) is 4.90 Å². The highest BCUT2D eigenvalue weighted by Gasteiger charge is 2.44. The smallest absolute Gasteiger partial charge is 0.139 e. The van der Waals surface area contributed by atoms with E-state index in [1.54, 1.807) is 0 Å². The van der Waals surface area contributed by atoms with E-state index < -0.39 is 0 Å². The Labute approximate surface area is 120 Å². The van der Waals surface area contributed by atoms with Crippen LogP contribution in [0, 0.1) is 5.41 Å². The van der Waals surface area contributed by atoms with Gasteiger partial charge in [0.25, 0.3) is 0 Å². The Balaban J connectivity index is 1.67. The zero-order valence-electron chi connectivity index (χ0n) is 11.9. The maximum atomic E-state index is 8.76. The summed E-state index contributed by atoms with van der Waals surface area (Å²) in [6.45, 7) is 3.25. The third-order valence-corrected chi connectivity index (χ3v) is 4.63. The number of nitrogens with zero attached hydrogens (tertiary/aromatic N) is 2. The third kappa shape index (κ3) is 2.96. The van der Waals surface area contributed by atoms with E-state index >= 15 is 0 Å². The Morgan fingerprint density at radius 2 is 2.05 bits per heavy atom. The first-order valence-electron chi connectivity index (χ1n) is 7.46. The molecule has 0 bridgehead atoms. The summed E-state index contributed by atoms with van der Waals surface area (Å²) < 4.78 is 0. The molecule has 1 aromatic carbocycles. The van der Waals surface area contributed by atoms with Crippen molar-refractivity contribution in [3.8, 4) is 0 Å². The highest BCUT2D eigenvalue weighted by Crippen LogP contribution is 2.49. The lowest BCUT2D eigenvalue weighted by molar-refractivity contribution is 0.215. The quantitative estimate of drug-likeness (QED) is 0.383. The molecular weight excluding hydrogens is 250 g/mol. The topological polar surface area (TPSA) is 61.8 Å². The molecule has 0 amide bonds. The van der Waals surface area contributed by atoms with Crippen LogP contribution in [0.15, 0.2) is 29.4 Å². The van der Waals surface area contributed by atoms with Crippen LogP contribution in [0.1, 0.15) is 36.8 Å². The SMILES string of the molecule is NC(CC1(CN2CCCc3ccccc3C2)CC1)=NO. The van der Waals surface area contributed by atoms with Crippen molar-refractivity contribution in [1.29, 1.82) is 0 Å². The van der Waals surface area contributed by atoms with Crippen LogP contribution in [-0.2, 0) is 13.0 Å². The molecule has 108 valence electrons. The molecule has 1 saturated carbocycles. The van der Waals surface area contributed by atoms with Crippen LogP contribution < -0.4 is 5.73 Å². The Morgan fingerprint density at radius 1 is 1.30 bits per heavy atom. The Hall–Kier alpha value is -1.55. The number of amidine groups is 1. The fraction of sp³-hybridized carbons (Fsp3) is 0.562. The second-order valence-electron chi connectivity index (χ2n) is 6.35. The van der Waals surface area contributed by atoms with E-state index in [1.807, 2.05) is 0 Å². The maximum Gasteiger partial charge on any atom is 0.139 e. The summed E-state index contributed by atoms with van der Waals surface area (Å²) in [5, 5.41) is 11.9. The summed E-state index contributed by atoms with van der Waals surface area (Å²) in [5.41, 5.74) is 8.91. The molecule has 1 aromatic rings. The number of hydrogen-bond acceptors (Lipinski definition) is 3. The molecule has 0 radical (unpaired) electrons. The normalized spacial score (nSPS) is 22.1. The van der Waals surface area contributed by atoms with E-state index in [-0.39, 0.29) is 5.41 Å². The van der Waals surface area contributed by atoms with Gasteiger partial charge in [0.15, 0.2) is 0 Å². The van der Waals surface area contributed by atoms with Crippen molar-refractivity contribution >= 4 is 5.84 Å². The third-order valence-electron chi connectivity index (χ3n) is 4.63. The van der Waals surface area contributed by atoms with Crippen LogP contribution in [-0.4, -0.2) is 29.0 Å². The molecule has 3 N–H and O–H groups in total. The van der Waals surface area contributed by atoms with E-state index in [0.29, 0.717) is 5.84 Å². The molecule has 1 aliphatic carbocycles. The Kier molecular flexibility index (Phi) is 3.66. The van der Waals surface area contributed by atoms with Crippen molar-refractivity contribution in [2.45, 2.75) is 38.6 Å². The van der Waals surface area contributed by atoms with Crippen molar-refractivity contribution in [2.24, 2.45) is 16.3 Å². The van der Waals surface area contributed by atoms with Gasteiger partial charge in [0.1, 0.15) is 5.84 Å². The lowest BCUT2D eigenvalue weighted by Gasteiger charge is -2.26. The van der Waals surface area contributed by atoms with Gasteiger partial charge >= 0.3 is 0 Å². The average Bonchev–Trinajstić information content (AvgIpc) is 3.22. The number of aryl methyl sites for hydroxylation is 1. The summed E-state index contributed by atoms with van der Waals surface area (Å²) in [6.07, 6.45) is 5.51. The zero-order chi connectivity index (χ0) is 14.0. The number of nitrogens with two attached hydrogens (primary N) is 1. The van der Waals surface area contributed by atoms with Crippen molar-refractivity contribution in [3.63, 3.8) is 0 Å². The second kappa shape index (κ2) is 5.44. The molecule has 4 heteroatoms. The monoisotopic (exact) mass is 273 g/mol. The van der Waals surface area contributed by atoms with Crippen molar-refractivity contribution in [2.75, 3.05) is 13.1 Å². The first-order valence-corrected chi connectivity index (χ1v) is 7.46. The summed E-state index contributed by atoms with van der Waals surface area (Å²) in [5.74, 6) is 0.373. The first-order chi connectivity index (χ1) is 9.71. The summed E-state index contributed by atoms with van der Waals surface area (Å²) in [6, 6.07) is 8.76. The predicted molar refractivity (Wildman–Crippen MR) is 79.7 cm³/mol. The number of hydrogen-bond donors (Lipinski definition) is 2. The zero-order valence-corrected chi connectivity index (χ0v) is 11.9. The van der Waals surface area contributed by atoms with Gasteiger partial charge in [0, 0.05) is 19.5 Å². The molecule has 1 heterocycles. The van der Waals surface area contributed by atoms with Crippen molar-refractivity contribution < 1.29 is 5.21 Å². The van der Waals surface area contributed by atoms with E-state index in [1.165, 1.54) is 36.8 Å². The van der Waals surface area contributed by atoms with Gasteiger partial charge in [-0.05, 0) is 48.8 Å². The molecule has 1 aliphatic heterocycles. The lowest BCUT2D eigenvalue weighted by atomic mass is 10.0. The molecule has 20 heavy (non-hydrogen) atoms. The van der Waals surface area contributed by atoms with Gasteiger partial charge in [-0.3, -0.25) is 4.90 Å². The molecule has 0 aromatic heterocycles.